The van der Waals surface area contributed by atoms with Gasteiger partial charge in [0.2, 0.25) is 59.1 Å². The number of nitrogens with zero attached hydrogens (tertiary/aromatic N) is 5. The summed E-state index contributed by atoms with van der Waals surface area (Å²) in [7, 11) is 4.15. The highest BCUT2D eigenvalue weighted by Gasteiger charge is 2.48. The van der Waals surface area contributed by atoms with Crippen LogP contribution in [0.1, 0.15) is 164 Å². The number of carboxylic acid groups (broad SMARTS) is 1. The third-order valence-corrected chi connectivity index (χ3v) is 20.0. The number of esters is 2. The van der Waals surface area contributed by atoms with Gasteiger partial charge in [-0.05, 0) is 119 Å². The fourth-order valence-electron chi connectivity index (χ4n) is 13.7. The maximum Gasteiger partial charge on any atom is 0.417 e. The topological polar surface area (TPSA) is 410 Å². The maximum absolute atomic E-state index is 15.3. The number of aliphatic hydroxyl groups is 1. The second kappa shape index (κ2) is 39.2. The molecule has 0 aromatic heterocycles. The number of aliphatic carboxylic acids is 1. The Bertz CT molecular complexity index is 3500. The molecule has 0 radical (unpaired) electrons. The number of methoxy groups -OCH3 is 1. The van der Waals surface area contributed by atoms with Gasteiger partial charge < -0.3 is 75.3 Å². The zero-order valence-electron chi connectivity index (χ0n) is 63.3. The lowest BCUT2D eigenvalue weighted by atomic mass is 9.91. The van der Waals surface area contributed by atoms with E-state index in [1.807, 2.05) is 13.8 Å². The average molecular weight is 1490 g/mol. The van der Waals surface area contributed by atoms with Gasteiger partial charge in [0.05, 0.1) is 31.6 Å². The summed E-state index contributed by atoms with van der Waals surface area (Å²) < 4.78 is 22.7. The van der Waals surface area contributed by atoms with Crippen LogP contribution in [-0.2, 0) is 94.4 Å². The molecule has 0 aliphatic carbocycles. The second-order valence-electron chi connectivity index (χ2n) is 29.4. The van der Waals surface area contributed by atoms with Crippen LogP contribution in [-0.4, -0.2) is 237 Å². The first-order valence-electron chi connectivity index (χ1n) is 36.6. The fourth-order valence-corrected chi connectivity index (χ4v) is 13.7. The molecule has 0 bridgehead atoms. The number of carbonyl (C=O) groups excluding carboxylic acids is 14. The van der Waals surface area contributed by atoms with Crippen LogP contribution >= 0.6 is 0 Å². The van der Waals surface area contributed by atoms with Crippen LogP contribution in [0.25, 0.3) is 0 Å². The number of fused-ring (bicyclic) bond motifs is 1. The summed E-state index contributed by atoms with van der Waals surface area (Å²) in [6.45, 7) is 17.5. The van der Waals surface area contributed by atoms with Crippen LogP contribution in [0.15, 0.2) is 54.6 Å². The molecule has 584 valence electrons. The first-order valence-corrected chi connectivity index (χ1v) is 36.6. The lowest BCUT2D eigenvalue weighted by Crippen LogP contribution is -2.62. The van der Waals surface area contributed by atoms with Crippen molar-refractivity contribution in [2.45, 2.75) is 245 Å². The molecule has 4 aliphatic rings. The smallest absolute Gasteiger partial charge is 0.417 e. The highest BCUT2D eigenvalue weighted by molar-refractivity contribution is 6.06. The first kappa shape index (κ1) is 85.4. The lowest BCUT2D eigenvalue weighted by molar-refractivity contribution is -0.163. The number of cyclic esters (lactones) is 2. The van der Waals surface area contributed by atoms with E-state index in [2.05, 4.69) is 26.6 Å². The van der Waals surface area contributed by atoms with Gasteiger partial charge in [-0.2, -0.15) is 0 Å². The van der Waals surface area contributed by atoms with Crippen molar-refractivity contribution in [3.05, 3.63) is 65.7 Å². The molecule has 15 atom stereocenters. The van der Waals surface area contributed by atoms with Crippen LogP contribution in [0.2, 0.25) is 0 Å². The van der Waals surface area contributed by atoms with Crippen molar-refractivity contribution in [1.82, 2.24) is 51.1 Å². The van der Waals surface area contributed by atoms with Crippen molar-refractivity contribution in [2.24, 2.45) is 29.6 Å². The van der Waals surface area contributed by atoms with E-state index in [0.29, 0.717) is 28.2 Å². The molecule has 2 aromatic rings. The summed E-state index contributed by atoms with van der Waals surface area (Å²) in [5.74, 6) is -15.5. The zero-order chi connectivity index (χ0) is 78.7. The number of ketones is 1. The minimum Gasteiger partial charge on any atom is -0.497 e. The Morgan fingerprint density at radius 3 is 2.04 bits per heavy atom. The van der Waals surface area contributed by atoms with E-state index in [1.54, 1.807) is 96.1 Å². The van der Waals surface area contributed by atoms with E-state index < -0.39 is 205 Å². The summed E-state index contributed by atoms with van der Waals surface area (Å²) in [4.78, 5) is 219. The van der Waals surface area contributed by atoms with Gasteiger partial charge in [0.25, 0.3) is 0 Å². The van der Waals surface area contributed by atoms with Gasteiger partial charge in [-0.25, -0.2) is 14.5 Å². The van der Waals surface area contributed by atoms with E-state index in [9.17, 15) is 58.2 Å². The molecule has 6 rings (SSSR count). The fraction of sp³-hybridized carbons (Fsp3) is 0.640. The number of likely N-dealkylation sites (tertiary alicyclic amines) is 2. The molecule has 2 aromatic carbocycles. The monoisotopic (exact) mass is 1480 g/mol. The zero-order valence-corrected chi connectivity index (χ0v) is 63.3. The number of likely N-dealkylation sites (N-methyl/N-ethyl adjacent to an activating group) is 2. The highest BCUT2D eigenvalue weighted by Crippen LogP contribution is 2.29. The number of hydrogen-bond donors (Lipinski definition) is 7. The third kappa shape index (κ3) is 22.5. The molecule has 7 N–H and O–H groups in total. The van der Waals surface area contributed by atoms with Crippen molar-refractivity contribution in [1.29, 1.82) is 0 Å². The van der Waals surface area contributed by atoms with Gasteiger partial charge in [0, 0.05) is 46.4 Å². The Labute approximate surface area is 618 Å². The first-order chi connectivity index (χ1) is 50.0. The van der Waals surface area contributed by atoms with Crippen LogP contribution < -0.4 is 31.3 Å². The Morgan fingerprint density at radius 2 is 1.42 bits per heavy atom. The predicted octanol–water partition coefficient (Wildman–Crippen LogP) is 3.12. The predicted molar refractivity (Wildman–Crippen MR) is 381 cm³/mol. The van der Waals surface area contributed by atoms with Crippen molar-refractivity contribution in [3.8, 4) is 5.75 Å². The highest BCUT2D eigenvalue weighted by atomic mass is 16.6. The summed E-state index contributed by atoms with van der Waals surface area (Å²) in [6.07, 6.45) is -7.35. The van der Waals surface area contributed by atoms with Gasteiger partial charge in [0.1, 0.15) is 72.8 Å². The number of ether oxygens (including phenoxy) is 4. The standard InChI is InChI=1S/C75H108N10O21/c1-15-43(8)61-57(86)38-60(90)106-64(42(6)7)63(91)44(9)65(92)78-51(35-40(2)3)71(98)84-34-20-24-54(84)73(100)82(13)56(37-47-25-27-49(103-14)28-26-47)74(101)105-46(11)62(69(96)79-61)80-68(95)55(36-41(4)5)81(12)72(99)53-23-19-33-83(53)70(97)45(10)76-66(93)50(29-32-59(88)89)77-67(94)52-30-31-58(87)85(52)75(102)104-39-48-21-17-16-18-22-48/h16-18,21-22,25-28,40-46,50-57,61-62,64,86H,15,19-20,23-24,29-39H2,1-14H3,(H,76,93)(H,77,94)(H,78,92)(H,79,96)(H,80,95)(H,88,89)/t43-,44-,45-,46+,50-,51-,52-,53-,54-,55+,56-,57-,61+,62-,64-/m0/s1. The maximum atomic E-state index is 15.3. The quantitative estimate of drug-likeness (QED) is 0.0451. The van der Waals surface area contributed by atoms with E-state index in [0.717, 1.165) is 9.80 Å². The van der Waals surface area contributed by atoms with Gasteiger partial charge in [-0.3, -0.25) is 62.3 Å². The SMILES string of the molecule is CC[C@H](C)[C@H]1NC(=O)[C@@H](NC(=O)[C@@H](CC(C)C)N(C)C(=O)[C@@H]2CCCN2C(=O)[C@H](C)NC(=O)[C@H](CCC(=O)O)NC(=O)[C@@H]2CCC(=O)N2C(=O)OCc2ccccc2)[C@@H](C)OC(=O)[C@H](Cc2ccc(OC)cc2)N(C)C(=O)[C@@H]2CCCN2C(=O)[C@H](CC(C)C)NC(=O)[C@@H](C)C(=O)[C@H](C(C)C)OC(=O)C[C@@H]1O. The molecular weight excluding hydrogens is 1380 g/mol. The minimum absolute atomic E-state index is 0.00829. The number of imide groups is 1. The molecule has 4 fully saturated rings. The second-order valence-corrected chi connectivity index (χ2v) is 29.4. The van der Waals surface area contributed by atoms with Gasteiger partial charge in [0.15, 0.2) is 11.9 Å². The van der Waals surface area contributed by atoms with E-state index in [-0.39, 0.29) is 89.3 Å². The third-order valence-electron chi connectivity index (χ3n) is 20.0. The number of Topliss-reactive ketones (excluding diaryl/α,β-unsaturated/α-hetero) is 1. The average Bonchev–Trinajstić information content (AvgIpc) is 1.57. The van der Waals surface area contributed by atoms with Crippen LogP contribution in [0, 0.1) is 29.6 Å². The number of carboxylic acids is 1. The Morgan fingerprint density at radius 1 is 0.764 bits per heavy atom. The van der Waals surface area contributed by atoms with E-state index in [4.69, 9.17) is 18.9 Å². The summed E-state index contributed by atoms with van der Waals surface area (Å²) in [5.41, 5.74) is 1.12. The molecule has 4 saturated heterocycles. The molecule has 0 saturated carbocycles. The van der Waals surface area contributed by atoms with Crippen molar-refractivity contribution in [3.63, 3.8) is 0 Å². The molecule has 11 amide bonds. The Kier molecular flexibility index (Phi) is 31.5. The van der Waals surface area contributed by atoms with Crippen LogP contribution in [0.3, 0.4) is 0 Å². The Balaban J connectivity index is 1.32. The number of rotatable bonds is 24. The van der Waals surface area contributed by atoms with E-state index in [1.165, 1.54) is 51.8 Å². The molecule has 4 aliphatic heterocycles. The molecule has 0 spiro atoms. The Hall–Kier alpha value is -9.55. The van der Waals surface area contributed by atoms with Crippen molar-refractivity contribution < 1.29 is 101 Å². The number of aliphatic hydroxyl groups excluding tert-OH is 1. The van der Waals surface area contributed by atoms with Crippen LogP contribution in [0.5, 0.6) is 5.75 Å². The lowest BCUT2D eigenvalue weighted by Gasteiger charge is -2.36. The summed E-state index contributed by atoms with van der Waals surface area (Å²) >= 11 is 0. The molecule has 31 heteroatoms. The number of amides is 11. The molecule has 0 unspecified atom stereocenters. The molecule has 4 heterocycles. The number of hydrogen-bond acceptors (Lipinski definition) is 20. The van der Waals surface area contributed by atoms with Gasteiger partial charge in [-0.15, -0.1) is 0 Å². The van der Waals surface area contributed by atoms with Gasteiger partial charge >= 0.3 is 24.0 Å². The summed E-state index contributed by atoms with van der Waals surface area (Å²) in [6, 6.07) is 0.905. The number of carbonyl (C=O) groups is 15. The largest absolute Gasteiger partial charge is 0.497 e. The number of benzene rings is 2. The van der Waals surface area contributed by atoms with Crippen LogP contribution in [0.4, 0.5) is 4.79 Å². The molecule has 106 heavy (non-hydrogen) atoms. The van der Waals surface area contributed by atoms with Crippen molar-refractivity contribution >= 4 is 88.9 Å². The normalized spacial score (nSPS) is 25.2. The van der Waals surface area contributed by atoms with Crippen molar-refractivity contribution in [2.75, 3.05) is 34.3 Å². The molecule has 31 nitrogen and oxygen atoms in total. The number of nitrogens with one attached hydrogen (secondary N) is 5. The minimum atomic E-state index is -1.89. The molecular formula is C75H108N10O21. The van der Waals surface area contributed by atoms with Gasteiger partial charge in [-0.1, -0.05) is 104 Å². The summed E-state index contributed by atoms with van der Waals surface area (Å²) in [5, 5.41) is 34.9. The van der Waals surface area contributed by atoms with E-state index >= 15 is 24.0 Å².